The van der Waals surface area contributed by atoms with E-state index in [1.54, 1.807) is 41.3 Å². The zero-order valence-electron chi connectivity index (χ0n) is 18.5. The Labute approximate surface area is 192 Å². The molecule has 0 spiro atoms. The minimum absolute atomic E-state index is 0.0317. The van der Waals surface area contributed by atoms with Crippen molar-refractivity contribution in [2.75, 3.05) is 19.7 Å². The molecule has 1 aliphatic heterocycles. The number of likely N-dealkylation sites (tertiary alicyclic amines) is 1. The fraction of sp³-hybridized carbons (Fsp3) is 0.269. The Morgan fingerprint density at radius 3 is 2.33 bits per heavy atom. The van der Waals surface area contributed by atoms with Crippen molar-refractivity contribution in [2.24, 2.45) is 0 Å². The third-order valence-electron chi connectivity index (χ3n) is 5.77. The molecule has 0 saturated carbocycles. The summed E-state index contributed by atoms with van der Waals surface area (Å²) in [6, 6.07) is 19.8. The second-order valence-corrected chi connectivity index (χ2v) is 7.98. The van der Waals surface area contributed by atoms with Crippen molar-refractivity contribution in [3.8, 4) is 17.0 Å². The number of aromatic amines is 1. The zero-order valence-corrected chi connectivity index (χ0v) is 18.5. The summed E-state index contributed by atoms with van der Waals surface area (Å²) in [6.45, 7) is 3.58. The molecule has 0 unspecified atom stereocenters. The van der Waals surface area contributed by atoms with Crippen LogP contribution in [0.4, 0.5) is 0 Å². The standard InChI is InChI=1S/C26H27N3O4/c1-2-33-21-10-8-19(9-11-21)26(32)29-16-14-20(15-17-29)27-24(30)22-12-13-23(28-25(22)31)18-6-4-3-5-7-18/h3-13,20H,2,14-17H2,1H3,(H,27,30)(H,28,31). The lowest BCUT2D eigenvalue weighted by atomic mass is 10.0. The molecule has 0 radical (unpaired) electrons. The molecule has 2 N–H and O–H groups in total. The minimum atomic E-state index is -0.419. The van der Waals surface area contributed by atoms with Crippen LogP contribution in [0, 0.1) is 0 Å². The molecule has 2 amide bonds. The van der Waals surface area contributed by atoms with E-state index in [1.807, 2.05) is 37.3 Å². The maximum absolute atomic E-state index is 12.8. The molecule has 4 rings (SSSR count). The molecular formula is C26H27N3O4. The summed E-state index contributed by atoms with van der Waals surface area (Å²) in [6.07, 6.45) is 1.27. The van der Waals surface area contributed by atoms with E-state index in [-0.39, 0.29) is 17.5 Å². The summed E-state index contributed by atoms with van der Waals surface area (Å²) >= 11 is 0. The van der Waals surface area contributed by atoms with E-state index in [0.29, 0.717) is 43.8 Å². The van der Waals surface area contributed by atoms with Gasteiger partial charge in [-0.2, -0.15) is 0 Å². The third-order valence-corrected chi connectivity index (χ3v) is 5.77. The summed E-state index contributed by atoms with van der Waals surface area (Å²) in [5.41, 5.74) is 1.83. The molecule has 0 bridgehead atoms. The van der Waals surface area contributed by atoms with Crippen LogP contribution in [0.5, 0.6) is 5.75 Å². The van der Waals surface area contributed by atoms with Gasteiger partial charge in [0.25, 0.3) is 17.4 Å². The highest BCUT2D eigenvalue weighted by Crippen LogP contribution is 2.18. The van der Waals surface area contributed by atoms with Gasteiger partial charge in [-0.05, 0) is 61.7 Å². The molecule has 1 fully saturated rings. The average molecular weight is 446 g/mol. The monoisotopic (exact) mass is 445 g/mol. The molecule has 1 aromatic heterocycles. The van der Waals surface area contributed by atoms with Crippen LogP contribution in [0.1, 0.15) is 40.5 Å². The number of nitrogens with zero attached hydrogens (tertiary/aromatic N) is 1. The van der Waals surface area contributed by atoms with Crippen LogP contribution >= 0.6 is 0 Å². The summed E-state index contributed by atoms with van der Waals surface area (Å²) in [5, 5.41) is 2.94. The number of nitrogens with one attached hydrogen (secondary N) is 2. The smallest absolute Gasteiger partial charge is 0.261 e. The molecule has 7 heteroatoms. The van der Waals surface area contributed by atoms with Gasteiger partial charge in [-0.3, -0.25) is 14.4 Å². The Bertz CT molecular complexity index is 1160. The highest BCUT2D eigenvalue weighted by molar-refractivity contribution is 5.95. The number of hydrogen-bond acceptors (Lipinski definition) is 4. The number of H-pyrrole nitrogens is 1. The zero-order chi connectivity index (χ0) is 23.2. The van der Waals surface area contributed by atoms with Crippen LogP contribution in [-0.2, 0) is 0 Å². The van der Waals surface area contributed by atoms with Gasteiger partial charge < -0.3 is 19.9 Å². The van der Waals surface area contributed by atoms with Crippen molar-refractivity contribution in [1.82, 2.24) is 15.2 Å². The van der Waals surface area contributed by atoms with Crippen LogP contribution in [-0.4, -0.2) is 47.4 Å². The van der Waals surface area contributed by atoms with Gasteiger partial charge in [0.15, 0.2) is 0 Å². The predicted molar refractivity (Wildman–Crippen MR) is 127 cm³/mol. The van der Waals surface area contributed by atoms with E-state index in [1.165, 1.54) is 0 Å². The molecular weight excluding hydrogens is 418 g/mol. The quantitative estimate of drug-likeness (QED) is 0.608. The number of pyridine rings is 1. The first-order chi connectivity index (χ1) is 16.0. The topological polar surface area (TPSA) is 91.5 Å². The summed E-state index contributed by atoms with van der Waals surface area (Å²) < 4.78 is 5.42. The Hall–Kier alpha value is -3.87. The van der Waals surface area contributed by atoms with Crippen LogP contribution in [0.25, 0.3) is 11.3 Å². The average Bonchev–Trinajstić information content (AvgIpc) is 2.85. The lowest BCUT2D eigenvalue weighted by Crippen LogP contribution is -2.47. The molecule has 0 atom stereocenters. The van der Waals surface area contributed by atoms with E-state index in [4.69, 9.17) is 4.74 Å². The number of amides is 2. The van der Waals surface area contributed by atoms with Gasteiger partial charge in [0.1, 0.15) is 11.3 Å². The summed E-state index contributed by atoms with van der Waals surface area (Å²) in [7, 11) is 0. The number of ether oxygens (including phenoxy) is 1. The Morgan fingerprint density at radius 1 is 1.00 bits per heavy atom. The van der Waals surface area contributed by atoms with E-state index in [2.05, 4.69) is 10.3 Å². The molecule has 33 heavy (non-hydrogen) atoms. The number of aromatic nitrogens is 1. The van der Waals surface area contributed by atoms with Crippen LogP contribution in [0.15, 0.2) is 71.5 Å². The van der Waals surface area contributed by atoms with Crippen molar-refractivity contribution >= 4 is 11.8 Å². The van der Waals surface area contributed by atoms with Gasteiger partial charge in [0.2, 0.25) is 0 Å². The molecule has 3 aromatic rings. The highest BCUT2D eigenvalue weighted by atomic mass is 16.5. The van der Waals surface area contributed by atoms with Gasteiger partial charge in [-0.1, -0.05) is 30.3 Å². The van der Waals surface area contributed by atoms with Crippen molar-refractivity contribution in [1.29, 1.82) is 0 Å². The van der Waals surface area contributed by atoms with E-state index in [9.17, 15) is 14.4 Å². The minimum Gasteiger partial charge on any atom is -0.494 e. The lowest BCUT2D eigenvalue weighted by Gasteiger charge is -2.32. The maximum Gasteiger partial charge on any atom is 0.261 e. The number of carbonyl (C=O) groups is 2. The Kier molecular flexibility index (Phi) is 6.88. The summed E-state index contributed by atoms with van der Waals surface area (Å²) in [5.74, 6) is 0.310. The molecule has 2 heterocycles. The van der Waals surface area contributed by atoms with Gasteiger partial charge >= 0.3 is 0 Å². The number of piperidine rings is 1. The third kappa shape index (κ3) is 5.31. The molecule has 7 nitrogen and oxygen atoms in total. The Balaban J connectivity index is 1.33. The fourth-order valence-corrected chi connectivity index (χ4v) is 3.97. The SMILES string of the molecule is CCOc1ccc(C(=O)N2CCC(NC(=O)c3ccc(-c4ccccc4)[nH]c3=O)CC2)cc1. The highest BCUT2D eigenvalue weighted by Gasteiger charge is 2.25. The molecule has 2 aromatic carbocycles. The summed E-state index contributed by atoms with van der Waals surface area (Å²) in [4.78, 5) is 42.5. The number of benzene rings is 2. The second kappa shape index (κ2) is 10.2. The largest absolute Gasteiger partial charge is 0.494 e. The Morgan fingerprint density at radius 2 is 1.70 bits per heavy atom. The first kappa shape index (κ1) is 22.3. The lowest BCUT2D eigenvalue weighted by molar-refractivity contribution is 0.0698. The van der Waals surface area contributed by atoms with Gasteiger partial charge in [0, 0.05) is 30.4 Å². The van der Waals surface area contributed by atoms with E-state index in [0.717, 1.165) is 11.3 Å². The van der Waals surface area contributed by atoms with Crippen LogP contribution in [0.3, 0.4) is 0 Å². The molecule has 0 aliphatic carbocycles. The first-order valence-electron chi connectivity index (χ1n) is 11.2. The van der Waals surface area contributed by atoms with Crippen LogP contribution in [0.2, 0.25) is 0 Å². The number of carbonyl (C=O) groups excluding carboxylic acids is 2. The van der Waals surface area contributed by atoms with Crippen molar-refractivity contribution < 1.29 is 14.3 Å². The number of rotatable bonds is 6. The van der Waals surface area contributed by atoms with Gasteiger partial charge in [-0.25, -0.2) is 0 Å². The fourth-order valence-electron chi connectivity index (χ4n) is 3.97. The van der Waals surface area contributed by atoms with Gasteiger partial charge in [0.05, 0.1) is 6.61 Å². The molecule has 1 aliphatic rings. The van der Waals surface area contributed by atoms with E-state index < -0.39 is 11.5 Å². The predicted octanol–water partition coefficient (Wildman–Crippen LogP) is 3.48. The first-order valence-corrected chi connectivity index (χ1v) is 11.2. The number of hydrogen-bond donors (Lipinski definition) is 2. The van der Waals surface area contributed by atoms with Crippen molar-refractivity contribution in [2.45, 2.75) is 25.8 Å². The normalized spacial score (nSPS) is 14.0. The van der Waals surface area contributed by atoms with Crippen molar-refractivity contribution in [3.05, 3.63) is 88.2 Å². The molecule has 170 valence electrons. The van der Waals surface area contributed by atoms with Crippen LogP contribution < -0.4 is 15.6 Å². The second-order valence-electron chi connectivity index (χ2n) is 7.98. The molecule has 1 saturated heterocycles. The van der Waals surface area contributed by atoms with E-state index >= 15 is 0 Å². The van der Waals surface area contributed by atoms with Gasteiger partial charge in [-0.15, -0.1) is 0 Å². The van der Waals surface area contributed by atoms with Crippen molar-refractivity contribution in [3.63, 3.8) is 0 Å². The maximum atomic E-state index is 12.8.